The van der Waals surface area contributed by atoms with Crippen LogP contribution in [0.15, 0.2) is 6.07 Å². The Morgan fingerprint density at radius 1 is 1.32 bits per heavy atom. The highest BCUT2D eigenvalue weighted by Gasteiger charge is 2.19. The summed E-state index contributed by atoms with van der Waals surface area (Å²) in [5.41, 5.74) is -0.109. The number of aromatic nitrogens is 2. The van der Waals surface area contributed by atoms with Gasteiger partial charge in [0.1, 0.15) is 17.5 Å². The van der Waals surface area contributed by atoms with Gasteiger partial charge in [-0.1, -0.05) is 20.8 Å². The average molecular weight is 284 g/mol. The van der Waals surface area contributed by atoms with E-state index in [4.69, 9.17) is 0 Å². The maximum absolute atomic E-state index is 11.3. The Morgan fingerprint density at radius 3 is 2.37 bits per heavy atom. The molecule has 1 rings (SSSR count). The lowest BCUT2D eigenvalue weighted by Gasteiger charge is -2.19. The molecule has 0 saturated heterocycles. The quantitative estimate of drug-likeness (QED) is 0.865. The van der Waals surface area contributed by atoms with Gasteiger partial charge in [0.25, 0.3) is 0 Å². The van der Waals surface area contributed by atoms with Crippen LogP contribution in [0.2, 0.25) is 0 Å². The van der Waals surface area contributed by atoms with Gasteiger partial charge in [0.2, 0.25) is 0 Å². The van der Waals surface area contributed by atoms with Crippen molar-refractivity contribution in [1.82, 2.24) is 9.97 Å². The monoisotopic (exact) mass is 284 g/mol. The molecule has 0 spiro atoms. The minimum Gasteiger partial charge on any atom is -0.373 e. The molecule has 0 aromatic carbocycles. The van der Waals surface area contributed by atoms with E-state index in [0.717, 1.165) is 17.5 Å². The Hall–Kier alpha value is -1.17. The fraction of sp³-hybridized carbons (Fsp3) is 0.692. The Labute approximate surface area is 118 Å². The lowest BCUT2D eigenvalue weighted by Crippen LogP contribution is -2.23. The molecule has 0 radical (unpaired) electrons. The van der Waals surface area contributed by atoms with Crippen LogP contribution in [0.3, 0.4) is 0 Å². The van der Waals surface area contributed by atoms with Crippen molar-refractivity contribution in [2.24, 2.45) is 0 Å². The zero-order chi connectivity index (χ0) is 14.6. The largest absolute Gasteiger partial charge is 0.373 e. The fourth-order valence-corrected chi connectivity index (χ4v) is 1.68. The van der Waals surface area contributed by atoms with E-state index in [-0.39, 0.29) is 10.7 Å². The molecular weight excluding hydrogens is 260 g/mol. The molecule has 2 atom stereocenters. The normalized spacial score (nSPS) is 14.8. The molecule has 0 fully saturated rings. The smallest absolute Gasteiger partial charge is 0.138 e. The van der Waals surface area contributed by atoms with E-state index < -0.39 is 10.8 Å². The molecule has 2 unspecified atom stereocenters. The van der Waals surface area contributed by atoms with Gasteiger partial charge in [-0.15, -0.1) is 0 Å². The van der Waals surface area contributed by atoms with Crippen LogP contribution < -0.4 is 10.6 Å². The van der Waals surface area contributed by atoms with Crippen LogP contribution in [0.5, 0.6) is 0 Å². The minimum absolute atomic E-state index is 0.0890. The number of hydrogen-bond donors (Lipinski definition) is 2. The van der Waals surface area contributed by atoms with Crippen molar-refractivity contribution in [1.29, 1.82) is 0 Å². The number of nitrogens with one attached hydrogen (secondary N) is 2. The van der Waals surface area contributed by atoms with Gasteiger partial charge in [-0.25, -0.2) is 9.97 Å². The predicted octanol–water partition coefficient (Wildman–Crippen LogP) is 1.99. The van der Waals surface area contributed by atoms with Gasteiger partial charge in [-0.2, -0.15) is 0 Å². The second-order valence-corrected chi connectivity index (χ2v) is 7.45. The van der Waals surface area contributed by atoms with Crippen molar-refractivity contribution in [3.63, 3.8) is 0 Å². The number of rotatable bonds is 5. The summed E-state index contributed by atoms with van der Waals surface area (Å²) in [5, 5.41) is 6.36. The van der Waals surface area contributed by atoms with Crippen LogP contribution in [-0.2, 0) is 16.2 Å². The van der Waals surface area contributed by atoms with Gasteiger partial charge < -0.3 is 10.6 Å². The summed E-state index contributed by atoms with van der Waals surface area (Å²) in [4.78, 5) is 8.99. The summed E-state index contributed by atoms with van der Waals surface area (Å²) in [5.74, 6) is 2.33. The first-order valence-corrected chi connectivity index (χ1v) is 7.99. The van der Waals surface area contributed by atoms with E-state index in [2.05, 4.69) is 41.4 Å². The van der Waals surface area contributed by atoms with Gasteiger partial charge in [-0.05, 0) is 6.92 Å². The van der Waals surface area contributed by atoms with Crippen molar-refractivity contribution in [2.45, 2.75) is 38.4 Å². The van der Waals surface area contributed by atoms with Crippen LogP contribution >= 0.6 is 0 Å². The highest BCUT2D eigenvalue weighted by atomic mass is 32.2. The molecule has 108 valence electrons. The Bertz CT molecular complexity index is 456. The predicted molar refractivity (Wildman–Crippen MR) is 82.3 cm³/mol. The fourth-order valence-electron chi connectivity index (χ4n) is 1.37. The molecule has 5 nitrogen and oxygen atoms in total. The summed E-state index contributed by atoms with van der Waals surface area (Å²) in [6, 6.07) is 1.86. The molecule has 2 N–H and O–H groups in total. The molecule has 1 aromatic heterocycles. The Balaban J connectivity index is 2.92. The highest BCUT2D eigenvalue weighted by Crippen LogP contribution is 2.22. The number of hydrogen-bond acceptors (Lipinski definition) is 5. The summed E-state index contributed by atoms with van der Waals surface area (Å²) >= 11 is 0. The molecule has 0 bridgehead atoms. The lowest BCUT2D eigenvalue weighted by molar-refractivity contribution is 0.546. The second kappa shape index (κ2) is 6.32. The van der Waals surface area contributed by atoms with Crippen LogP contribution in [0.1, 0.15) is 33.5 Å². The van der Waals surface area contributed by atoms with E-state index in [9.17, 15) is 4.21 Å². The number of nitrogens with zero attached hydrogens (tertiary/aromatic N) is 2. The summed E-state index contributed by atoms with van der Waals surface area (Å²) in [6.07, 6.45) is 1.71. The standard InChI is InChI=1S/C13H24N4OS/c1-9(19(6)18)8-15-11-7-10(14-5)16-12(17-11)13(2,3)4/h7,9H,8H2,1-6H3,(H2,14,15,16,17). The second-order valence-electron chi connectivity index (χ2n) is 5.65. The summed E-state index contributed by atoms with van der Waals surface area (Å²) in [7, 11) is 1.00. The molecule has 0 aliphatic carbocycles. The van der Waals surface area contributed by atoms with Gasteiger partial charge in [0.15, 0.2) is 0 Å². The zero-order valence-corrected chi connectivity index (χ0v) is 13.4. The van der Waals surface area contributed by atoms with E-state index in [0.29, 0.717) is 6.54 Å². The molecule has 0 aliphatic heterocycles. The molecule has 0 aliphatic rings. The average Bonchev–Trinajstić information content (AvgIpc) is 2.34. The third kappa shape index (κ3) is 4.78. The zero-order valence-electron chi connectivity index (χ0n) is 12.6. The van der Waals surface area contributed by atoms with Crippen LogP contribution in [0.25, 0.3) is 0 Å². The summed E-state index contributed by atoms with van der Waals surface area (Å²) < 4.78 is 11.3. The van der Waals surface area contributed by atoms with Crippen LogP contribution in [-0.4, -0.2) is 39.3 Å². The highest BCUT2D eigenvalue weighted by molar-refractivity contribution is 7.84. The molecule has 19 heavy (non-hydrogen) atoms. The molecular formula is C13H24N4OS. The molecule has 0 amide bonds. The maximum Gasteiger partial charge on any atom is 0.138 e. The van der Waals surface area contributed by atoms with E-state index >= 15 is 0 Å². The first kappa shape index (κ1) is 15.9. The first-order chi connectivity index (χ1) is 8.74. The van der Waals surface area contributed by atoms with Crippen molar-refractivity contribution in [3.8, 4) is 0 Å². The van der Waals surface area contributed by atoms with Gasteiger partial charge in [0, 0.05) is 47.4 Å². The molecule has 1 aromatic rings. The molecule has 0 saturated carbocycles. The Morgan fingerprint density at radius 2 is 1.89 bits per heavy atom. The van der Waals surface area contributed by atoms with E-state index in [1.54, 1.807) is 6.26 Å². The third-order valence-electron chi connectivity index (χ3n) is 2.79. The third-order valence-corrected chi connectivity index (χ3v) is 4.09. The van der Waals surface area contributed by atoms with Crippen molar-refractivity contribution < 1.29 is 4.21 Å². The molecule has 6 heteroatoms. The Kier molecular flexibility index (Phi) is 5.29. The number of anilines is 2. The SMILES string of the molecule is CNc1cc(NCC(C)S(C)=O)nc(C(C)(C)C)n1. The van der Waals surface area contributed by atoms with Crippen LogP contribution in [0, 0.1) is 0 Å². The lowest BCUT2D eigenvalue weighted by atomic mass is 9.96. The summed E-state index contributed by atoms with van der Waals surface area (Å²) in [6.45, 7) is 8.82. The van der Waals surface area contributed by atoms with Gasteiger partial charge in [-0.3, -0.25) is 4.21 Å². The van der Waals surface area contributed by atoms with Gasteiger partial charge in [0.05, 0.1) is 0 Å². The molecule has 1 heterocycles. The van der Waals surface area contributed by atoms with E-state index in [1.807, 2.05) is 20.0 Å². The minimum atomic E-state index is -0.835. The van der Waals surface area contributed by atoms with Gasteiger partial charge >= 0.3 is 0 Å². The van der Waals surface area contributed by atoms with Crippen LogP contribution in [0.4, 0.5) is 11.6 Å². The first-order valence-electron chi connectivity index (χ1n) is 6.37. The van der Waals surface area contributed by atoms with Crippen molar-refractivity contribution in [2.75, 3.05) is 30.5 Å². The maximum atomic E-state index is 11.3. The van der Waals surface area contributed by atoms with Crippen molar-refractivity contribution >= 4 is 22.4 Å². The van der Waals surface area contributed by atoms with Crippen molar-refractivity contribution in [3.05, 3.63) is 11.9 Å². The van der Waals surface area contributed by atoms with E-state index in [1.165, 1.54) is 0 Å². The topological polar surface area (TPSA) is 66.9 Å².